The lowest BCUT2D eigenvalue weighted by atomic mass is 10.0. The number of piperidine rings is 1. The number of benzene rings is 1. The smallest absolute Gasteiger partial charge is 0.255 e. The molecule has 1 aromatic rings. The van der Waals surface area contributed by atoms with Crippen LogP contribution in [0.15, 0.2) is 22.7 Å². The van der Waals surface area contributed by atoms with Crippen LogP contribution in [0.4, 0.5) is 0 Å². The fourth-order valence-corrected chi connectivity index (χ4v) is 2.98. The average Bonchev–Trinajstić information content (AvgIpc) is 2.38. The summed E-state index contributed by atoms with van der Waals surface area (Å²) in [6, 6.07) is 5.77. The molecule has 1 aliphatic rings. The molecule has 1 N–H and O–H groups in total. The number of carbonyl (C=O) groups is 1. The number of likely N-dealkylation sites (tertiary alicyclic amines) is 1. The van der Waals surface area contributed by atoms with Crippen molar-refractivity contribution in [1.29, 1.82) is 0 Å². The molecule has 1 saturated heterocycles. The first-order valence-corrected chi connectivity index (χ1v) is 7.20. The summed E-state index contributed by atoms with van der Waals surface area (Å²) in [4.78, 5) is 14.3. The number of amides is 1. The van der Waals surface area contributed by atoms with Crippen molar-refractivity contribution in [1.82, 2.24) is 10.2 Å². The zero-order valence-electron chi connectivity index (χ0n) is 10.7. The molecule has 0 saturated carbocycles. The predicted molar refractivity (Wildman–Crippen MR) is 84.4 cm³/mol. The summed E-state index contributed by atoms with van der Waals surface area (Å²) >= 11 is 9.46. The highest BCUT2D eigenvalue weighted by atomic mass is 79.9. The lowest BCUT2D eigenvalue weighted by Gasteiger charge is -2.32. The Kier molecular flexibility index (Phi) is 6.60. The molecule has 1 aliphatic heterocycles. The summed E-state index contributed by atoms with van der Waals surface area (Å²) < 4.78 is 0.885. The fraction of sp³-hybridized carbons (Fsp3) is 0.462. The molecule has 0 bridgehead atoms. The molecule has 1 amide bonds. The van der Waals surface area contributed by atoms with E-state index in [0.29, 0.717) is 16.6 Å². The van der Waals surface area contributed by atoms with Crippen LogP contribution < -0.4 is 5.32 Å². The molecule has 2 rings (SSSR count). The Morgan fingerprint density at radius 2 is 2.26 bits per heavy atom. The van der Waals surface area contributed by atoms with Crippen LogP contribution in [0.25, 0.3) is 0 Å². The summed E-state index contributed by atoms with van der Waals surface area (Å²) in [5.74, 6) is 0.0208. The van der Waals surface area contributed by atoms with Gasteiger partial charge in [-0.3, -0.25) is 4.79 Å². The zero-order valence-corrected chi connectivity index (χ0v) is 13.8. The molecule has 0 radical (unpaired) electrons. The Bertz CT molecular complexity index is 456. The van der Waals surface area contributed by atoms with Gasteiger partial charge < -0.3 is 10.2 Å². The Hall–Kier alpha value is -0.290. The van der Waals surface area contributed by atoms with Crippen LogP contribution in [0, 0.1) is 0 Å². The van der Waals surface area contributed by atoms with Crippen LogP contribution >= 0.6 is 39.9 Å². The molecule has 1 aromatic carbocycles. The first-order chi connectivity index (χ1) is 8.61. The zero-order chi connectivity index (χ0) is 13.1. The average molecular weight is 368 g/mol. The molecule has 1 fully saturated rings. The van der Waals surface area contributed by atoms with Crippen molar-refractivity contribution in [2.24, 2.45) is 0 Å². The van der Waals surface area contributed by atoms with Crippen molar-refractivity contribution in [3.05, 3.63) is 33.3 Å². The van der Waals surface area contributed by atoms with E-state index in [2.05, 4.69) is 21.2 Å². The van der Waals surface area contributed by atoms with E-state index in [-0.39, 0.29) is 18.3 Å². The van der Waals surface area contributed by atoms with Gasteiger partial charge >= 0.3 is 0 Å². The van der Waals surface area contributed by atoms with E-state index in [4.69, 9.17) is 11.6 Å². The van der Waals surface area contributed by atoms with Crippen molar-refractivity contribution in [2.45, 2.75) is 18.9 Å². The quantitative estimate of drug-likeness (QED) is 0.869. The number of nitrogens with zero attached hydrogens (tertiary/aromatic N) is 1. The van der Waals surface area contributed by atoms with Gasteiger partial charge in [0.25, 0.3) is 5.91 Å². The molecule has 0 aromatic heterocycles. The monoisotopic (exact) mass is 366 g/mol. The number of hydrogen-bond acceptors (Lipinski definition) is 2. The predicted octanol–water partition coefficient (Wildman–Crippen LogP) is 3.35. The van der Waals surface area contributed by atoms with E-state index < -0.39 is 0 Å². The lowest BCUT2D eigenvalue weighted by Crippen LogP contribution is -2.47. The molecule has 6 heteroatoms. The fourth-order valence-electron chi connectivity index (χ4n) is 2.23. The Morgan fingerprint density at radius 3 is 2.89 bits per heavy atom. The highest BCUT2D eigenvalue weighted by Crippen LogP contribution is 2.23. The molecule has 1 atom stereocenters. The number of halogens is 3. The third-order valence-electron chi connectivity index (χ3n) is 3.28. The highest BCUT2D eigenvalue weighted by Gasteiger charge is 2.24. The summed E-state index contributed by atoms with van der Waals surface area (Å²) in [6.45, 7) is 1.56. The normalized spacial score (nSPS) is 18.9. The van der Waals surface area contributed by atoms with Gasteiger partial charge in [-0.15, -0.1) is 12.4 Å². The van der Waals surface area contributed by atoms with E-state index in [1.54, 1.807) is 12.1 Å². The lowest BCUT2D eigenvalue weighted by molar-refractivity contribution is 0.0698. The number of rotatable bonds is 2. The van der Waals surface area contributed by atoms with Gasteiger partial charge in [0.1, 0.15) is 0 Å². The minimum Gasteiger partial charge on any atom is -0.337 e. The van der Waals surface area contributed by atoms with Gasteiger partial charge in [-0.05, 0) is 38.1 Å². The van der Waals surface area contributed by atoms with Crippen LogP contribution in [0.2, 0.25) is 5.02 Å². The molecule has 0 aliphatic carbocycles. The standard InChI is InChI=1S/C13H16BrClN2O.ClH/c1-16-10-3-2-6-17(8-10)13(18)11-5-4-9(14)7-12(11)15;/h4-5,7,10,16H,2-3,6,8H2,1H3;1H. The maximum atomic E-state index is 12.4. The maximum absolute atomic E-state index is 12.4. The first-order valence-electron chi connectivity index (χ1n) is 6.03. The van der Waals surface area contributed by atoms with E-state index in [9.17, 15) is 4.79 Å². The third-order valence-corrected chi connectivity index (χ3v) is 4.08. The van der Waals surface area contributed by atoms with Crippen LogP contribution in [0.5, 0.6) is 0 Å². The minimum absolute atomic E-state index is 0. The van der Waals surface area contributed by atoms with Crippen LogP contribution in [-0.4, -0.2) is 37.0 Å². The van der Waals surface area contributed by atoms with E-state index in [1.807, 2.05) is 18.0 Å². The molecule has 3 nitrogen and oxygen atoms in total. The topological polar surface area (TPSA) is 32.3 Å². The number of nitrogens with one attached hydrogen (secondary N) is 1. The molecule has 1 heterocycles. The SMILES string of the molecule is CNC1CCCN(C(=O)c2ccc(Br)cc2Cl)C1.Cl. The molecule has 1 unspecified atom stereocenters. The van der Waals surface area contributed by atoms with Gasteiger partial charge in [0, 0.05) is 23.6 Å². The van der Waals surface area contributed by atoms with Crippen molar-refractivity contribution < 1.29 is 4.79 Å². The molecule has 106 valence electrons. The number of carbonyl (C=O) groups excluding carboxylic acids is 1. The molecular formula is C13H17BrCl2N2O. The van der Waals surface area contributed by atoms with E-state index >= 15 is 0 Å². The van der Waals surface area contributed by atoms with Crippen molar-refractivity contribution in [3.8, 4) is 0 Å². The van der Waals surface area contributed by atoms with Crippen molar-refractivity contribution in [3.63, 3.8) is 0 Å². The van der Waals surface area contributed by atoms with Gasteiger partial charge in [0.05, 0.1) is 10.6 Å². The summed E-state index contributed by atoms with van der Waals surface area (Å²) in [7, 11) is 1.94. The first kappa shape index (κ1) is 16.8. The third kappa shape index (κ3) is 4.09. The Morgan fingerprint density at radius 1 is 1.53 bits per heavy atom. The van der Waals surface area contributed by atoms with Gasteiger partial charge in [0.2, 0.25) is 0 Å². The van der Waals surface area contributed by atoms with Crippen molar-refractivity contribution in [2.75, 3.05) is 20.1 Å². The van der Waals surface area contributed by atoms with Crippen LogP contribution in [0.3, 0.4) is 0 Å². The second-order valence-electron chi connectivity index (χ2n) is 4.50. The summed E-state index contributed by atoms with van der Waals surface area (Å²) in [6.07, 6.45) is 2.15. The number of likely N-dealkylation sites (N-methyl/N-ethyl adjacent to an activating group) is 1. The summed E-state index contributed by atoms with van der Waals surface area (Å²) in [5.41, 5.74) is 0.580. The van der Waals surface area contributed by atoms with E-state index in [0.717, 1.165) is 30.4 Å². The van der Waals surface area contributed by atoms with Crippen LogP contribution in [-0.2, 0) is 0 Å². The maximum Gasteiger partial charge on any atom is 0.255 e. The second kappa shape index (κ2) is 7.48. The highest BCUT2D eigenvalue weighted by molar-refractivity contribution is 9.10. The largest absolute Gasteiger partial charge is 0.337 e. The Balaban J connectivity index is 0.00000180. The van der Waals surface area contributed by atoms with Crippen molar-refractivity contribution >= 4 is 45.8 Å². The van der Waals surface area contributed by atoms with E-state index in [1.165, 1.54) is 0 Å². The van der Waals surface area contributed by atoms with Gasteiger partial charge in [0.15, 0.2) is 0 Å². The molecular weight excluding hydrogens is 351 g/mol. The minimum atomic E-state index is 0. The molecule has 19 heavy (non-hydrogen) atoms. The second-order valence-corrected chi connectivity index (χ2v) is 5.83. The molecule has 0 spiro atoms. The van der Waals surface area contributed by atoms with Gasteiger partial charge in [-0.25, -0.2) is 0 Å². The van der Waals surface area contributed by atoms with Crippen LogP contribution in [0.1, 0.15) is 23.2 Å². The van der Waals surface area contributed by atoms with Gasteiger partial charge in [-0.1, -0.05) is 27.5 Å². The number of hydrogen-bond donors (Lipinski definition) is 1. The Labute approximate surface area is 133 Å². The van der Waals surface area contributed by atoms with Gasteiger partial charge in [-0.2, -0.15) is 0 Å². The summed E-state index contributed by atoms with van der Waals surface area (Å²) in [5, 5.41) is 3.73.